The normalized spacial score (nSPS) is 27.7. The van der Waals surface area contributed by atoms with E-state index in [1.54, 1.807) is 11.8 Å². The van der Waals surface area contributed by atoms with E-state index < -0.39 is 11.5 Å². The lowest BCUT2D eigenvalue weighted by atomic mass is 9.92. The lowest BCUT2D eigenvalue weighted by Crippen LogP contribution is -2.53. The summed E-state index contributed by atoms with van der Waals surface area (Å²) in [6.45, 7) is 4.86. The van der Waals surface area contributed by atoms with E-state index in [1.807, 2.05) is 0 Å². The van der Waals surface area contributed by atoms with Gasteiger partial charge in [-0.3, -0.25) is 9.59 Å². The number of carbonyl (C=O) groups is 3. The van der Waals surface area contributed by atoms with Crippen molar-refractivity contribution in [3.8, 4) is 0 Å². The number of rotatable bonds is 2. The van der Waals surface area contributed by atoms with Crippen molar-refractivity contribution in [2.45, 2.75) is 45.1 Å². The first-order valence-corrected chi connectivity index (χ1v) is 7.16. The molecule has 6 nitrogen and oxygen atoms in total. The Hall–Kier alpha value is -1.59. The number of nitrogens with zero attached hydrogens (tertiary/aromatic N) is 2. The van der Waals surface area contributed by atoms with E-state index in [9.17, 15) is 19.5 Å². The molecule has 1 N–H and O–H groups in total. The molecule has 2 saturated heterocycles. The van der Waals surface area contributed by atoms with Crippen LogP contribution in [0.5, 0.6) is 0 Å². The summed E-state index contributed by atoms with van der Waals surface area (Å²) in [5.41, 5.74) is -1.06. The Kier molecular flexibility index (Phi) is 4.01. The molecule has 20 heavy (non-hydrogen) atoms. The van der Waals surface area contributed by atoms with Gasteiger partial charge in [0.2, 0.25) is 11.8 Å². The molecule has 6 heteroatoms. The van der Waals surface area contributed by atoms with Gasteiger partial charge in [-0.2, -0.15) is 0 Å². The van der Waals surface area contributed by atoms with E-state index in [4.69, 9.17) is 0 Å². The zero-order valence-corrected chi connectivity index (χ0v) is 12.1. The van der Waals surface area contributed by atoms with Crippen molar-refractivity contribution in [3.05, 3.63) is 0 Å². The van der Waals surface area contributed by atoms with Crippen LogP contribution in [-0.2, 0) is 14.4 Å². The van der Waals surface area contributed by atoms with Crippen LogP contribution in [0.2, 0.25) is 0 Å². The van der Waals surface area contributed by atoms with Crippen molar-refractivity contribution in [3.63, 3.8) is 0 Å². The number of aliphatic carboxylic acids is 1. The summed E-state index contributed by atoms with van der Waals surface area (Å²) in [5.74, 6) is -1.10. The maximum atomic E-state index is 12.6. The summed E-state index contributed by atoms with van der Waals surface area (Å²) in [6.07, 6.45) is 2.51. The van der Waals surface area contributed by atoms with Crippen LogP contribution in [0.4, 0.5) is 0 Å². The van der Waals surface area contributed by atoms with Crippen molar-refractivity contribution < 1.29 is 19.5 Å². The van der Waals surface area contributed by atoms with Crippen LogP contribution in [-0.4, -0.2) is 57.9 Å². The van der Waals surface area contributed by atoms with Gasteiger partial charge in [-0.15, -0.1) is 0 Å². The van der Waals surface area contributed by atoms with Crippen LogP contribution in [0.25, 0.3) is 0 Å². The first-order chi connectivity index (χ1) is 9.36. The van der Waals surface area contributed by atoms with Crippen LogP contribution in [0, 0.1) is 5.92 Å². The number of carbonyl (C=O) groups excluding carboxylic acids is 2. The lowest BCUT2D eigenvalue weighted by Gasteiger charge is -2.37. The summed E-state index contributed by atoms with van der Waals surface area (Å²) in [6, 6.07) is 0. The monoisotopic (exact) mass is 282 g/mol. The highest BCUT2D eigenvalue weighted by Gasteiger charge is 2.47. The molecule has 0 aromatic carbocycles. The molecule has 1 atom stereocenters. The molecule has 2 rings (SSSR count). The fraction of sp³-hybridized carbons (Fsp3) is 0.786. The van der Waals surface area contributed by atoms with Gasteiger partial charge in [-0.05, 0) is 32.6 Å². The number of carboxylic acids is 1. The third-order valence-electron chi connectivity index (χ3n) is 4.66. The molecule has 2 fully saturated rings. The molecule has 0 aliphatic carbocycles. The summed E-state index contributed by atoms with van der Waals surface area (Å²) in [7, 11) is 0. The molecule has 2 aliphatic heterocycles. The summed E-state index contributed by atoms with van der Waals surface area (Å²) in [4.78, 5) is 38.5. The minimum absolute atomic E-state index is 0.0347. The van der Waals surface area contributed by atoms with E-state index in [1.165, 1.54) is 11.8 Å². The second-order valence-electron chi connectivity index (χ2n) is 5.95. The molecule has 0 radical (unpaired) electrons. The number of hydrogen-bond donors (Lipinski definition) is 1. The average molecular weight is 282 g/mol. The van der Waals surface area contributed by atoms with Gasteiger partial charge in [0.05, 0.1) is 0 Å². The van der Waals surface area contributed by atoms with Crippen molar-refractivity contribution in [2.75, 3.05) is 19.6 Å². The van der Waals surface area contributed by atoms with Crippen LogP contribution in [0.15, 0.2) is 0 Å². The van der Waals surface area contributed by atoms with E-state index >= 15 is 0 Å². The molecule has 1 unspecified atom stereocenters. The summed E-state index contributed by atoms with van der Waals surface area (Å²) >= 11 is 0. The number of carboxylic acid groups (broad SMARTS) is 1. The predicted molar refractivity (Wildman–Crippen MR) is 72.0 cm³/mol. The highest BCUT2D eigenvalue weighted by atomic mass is 16.4. The van der Waals surface area contributed by atoms with Gasteiger partial charge in [0.1, 0.15) is 5.54 Å². The van der Waals surface area contributed by atoms with E-state index in [0.29, 0.717) is 38.9 Å². The third kappa shape index (κ3) is 2.51. The molecule has 0 aromatic rings. The Morgan fingerprint density at radius 2 is 1.75 bits per heavy atom. The largest absolute Gasteiger partial charge is 0.480 e. The Morgan fingerprint density at radius 1 is 1.15 bits per heavy atom. The maximum absolute atomic E-state index is 12.6. The fourth-order valence-corrected chi connectivity index (χ4v) is 3.20. The Labute approximate surface area is 118 Å². The first-order valence-electron chi connectivity index (χ1n) is 7.16. The number of amides is 2. The quantitative estimate of drug-likeness (QED) is 0.809. The van der Waals surface area contributed by atoms with Crippen molar-refractivity contribution in [1.82, 2.24) is 9.80 Å². The molecule has 2 amide bonds. The summed E-state index contributed by atoms with van der Waals surface area (Å²) < 4.78 is 0. The molecule has 112 valence electrons. The predicted octanol–water partition coefficient (Wildman–Crippen LogP) is 0.711. The van der Waals surface area contributed by atoms with Crippen molar-refractivity contribution >= 4 is 17.8 Å². The lowest BCUT2D eigenvalue weighted by molar-refractivity contribution is -0.157. The minimum atomic E-state index is -1.06. The highest BCUT2D eigenvalue weighted by molar-refractivity contribution is 5.88. The SMILES string of the molecule is CC(=O)N1CCC(C(=O)N2CCCC2(C)C(=O)O)CC1. The van der Waals surface area contributed by atoms with E-state index in [2.05, 4.69) is 0 Å². The maximum Gasteiger partial charge on any atom is 0.329 e. The Morgan fingerprint density at radius 3 is 2.25 bits per heavy atom. The number of likely N-dealkylation sites (tertiary alicyclic amines) is 2. The van der Waals surface area contributed by atoms with Gasteiger partial charge in [0, 0.05) is 32.5 Å². The van der Waals surface area contributed by atoms with Crippen LogP contribution >= 0.6 is 0 Å². The summed E-state index contributed by atoms with van der Waals surface area (Å²) in [5, 5.41) is 9.36. The zero-order valence-electron chi connectivity index (χ0n) is 12.1. The molecule has 2 aliphatic rings. The third-order valence-corrected chi connectivity index (χ3v) is 4.66. The Bertz CT molecular complexity index is 429. The molecule has 0 bridgehead atoms. The molecule has 0 saturated carbocycles. The van der Waals surface area contributed by atoms with Crippen LogP contribution in [0.1, 0.15) is 39.5 Å². The zero-order chi connectivity index (χ0) is 14.9. The van der Waals surface area contributed by atoms with Gasteiger partial charge in [-0.25, -0.2) is 4.79 Å². The highest BCUT2D eigenvalue weighted by Crippen LogP contribution is 2.32. The smallest absolute Gasteiger partial charge is 0.329 e. The van der Waals surface area contributed by atoms with E-state index in [-0.39, 0.29) is 17.7 Å². The average Bonchev–Trinajstić information content (AvgIpc) is 2.81. The molecular weight excluding hydrogens is 260 g/mol. The van der Waals surface area contributed by atoms with Crippen molar-refractivity contribution in [2.24, 2.45) is 5.92 Å². The molecule has 0 spiro atoms. The first kappa shape index (κ1) is 14.8. The number of piperidine rings is 1. The molecule has 0 aromatic heterocycles. The minimum Gasteiger partial charge on any atom is -0.480 e. The van der Waals surface area contributed by atoms with Gasteiger partial charge in [0.25, 0.3) is 0 Å². The second kappa shape index (κ2) is 5.42. The topological polar surface area (TPSA) is 77.9 Å². The van der Waals surface area contributed by atoms with Gasteiger partial charge >= 0.3 is 5.97 Å². The van der Waals surface area contributed by atoms with Crippen LogP contribution < -0.4 is 0 Å². The second-order valence-corrected chi connectivity index (χ2v) is 5.95. The number of hydrogen-bond acceptors (Lipinski definition) is 3. The molecule has 2 heterocycles. The van der Waals surface area contributed by atoms with Gasteiger partial charge in [-0.1, -0.05) is 0 Å². The van der Waals surface area contributed by atoms with Crippen LogP contribution in [0.3, 0.4) is 0 Å². The van der Waals surface area contributed by atoms with Gasteiger partial charge < -0.3 is 14.9 Å². The van der Waals surface area contributed by atoms with Crippen molar-refractivity contribution in [1.29, 1.82) is 0 Å². The Balaban J connectivity index is 2.02. The fourth-order valence-electron chi connectivity index (χ4n) is 3.20. The molecular formula is C14H22N2O4. The standard InChI is InChI=1S/C14H22N2O4/c1-10(17)15-8-4-11(5-9-15)12(18)16-7-3-6-14(16,2)13(19)20/h11H,3-9H2,1-2H3,(H,19,20). The van der Waals surface area contributed by atoms with Gasteiger partial charge in [0.15, 0.2) is 0 Å². The van der Waals surface area contributed by atoms with E-state index in [0.717, 1.165) is 6.42 Å².